The van der Waals surface area contributed by atoms with Crippen molar-refractivity contribution in [2.24, 2.45) is 0 Å². The number of rotatable bonds is 12. The van der Waals surface area contributed by atoms with E-state index in [4.69, 9.17) is 74.5 Å². The second-order valence-electron chi connectivity index (χ2n) is 25.1. The smallest absolute Gasteiger partial charge is 0.314 e. The summed E-state index contributed by atoms with van der Waals surface area (Å²) >= 11 is 0. The second-order valence-corrected chi connectivity index (χ2v) is 28.2. The average Bonchev–Trinajstić information content (AvgIpc) is 0.842. The first-order chi connectivity index (χ1) is 47.1. The SMILES string of the molecule is CC1(NCc2cccc3ccccc23)CNCCNCC(C)(NCc2cccc3ccccc23)CNCCNC1.CC1(NCc2cccc3ccccc23)CNCCNCC(C)(NCc2cccc3ccccc23)CNCCNC1.[Cu+2].[Cu+2].[O-][Cl+3]([O-])([O-])[O-].[O-][Cl+3]([O-])([O-])[O-].[O-][Cl+3]([O-])([O-])[O-].[O-][Cl+3]([O-])([O-])[O-]. The zero-order valence-corrected chi connectivity index (χ0v) is 61.9. The number of hydrogen-bond donors (Lipinski definition) is 12. The second kappa shape index (κ2) is 45.5. The average molecular weight is 1600 g/mol. The van der Waals surface area contributed by atoms with Crippen molar-refractivity contribution in [3.63, 3.8) is 0 Å². The fraction of sp³-hybridized carbons (Fsp3) is 0.412. The summed E-state index contributed by atoms with van der Waals surface area (Å²) in [5.41, 5.74) is 5.14. The molecule has 8 aromatic rings. The van der Waals surface area contributed by atoms with Crippen molar-refractivity contribution in [3.05, 3.63) is 192 Å². The van der Waals surface area contributed by atoms with Crippen LogP contribution in [-0.4, -0.2) is 127 Å². The van der Waals surface area contributed by atoms with Gasteiger partial charge in [-0.2, -0.15) is 0 Å². The van der Waals surface area contributed by atoms with Gasteiger partial charge in [0, 0.05) is 153 Å². The molecule has 0 aromatic heterocycles. The predicted octanol–water partition coefficient (Wildman–Crippen LogP) is -11.5. The normalized spacial score (nSPS) is 20.9. The molecule has 2 fully saturated rings. The van der Waals surface area contributed by atoms with Crippen LogP contribution in [0.5, 0.6) is 0 Å². The fourth-order valence-electron chi connectivity index (χ4n) is 11.4. The number of halogens is 4. The van der Waals surface area contributed by atoms with E-state index in [9.17, 15) is 0 Å². The predicted molar refractivity (Wildman–Crippen MR) is 340 cm³/mol. The Morgan fingerprint density at radius 3 is 0.539 bits per heavy atom. The molecule has 570 valence electrons. The summed E-state index contributed by atoms with van der Waals surface area (Å²) in [6.45, 7) is 27.3. The number of benzene rings is 8. The zero-order valence-electron chi connectivity index (χ0n) is 57.0. The Balaban J connectivity index is 0.000000412. The monoisotopic (exact) mass is 1600 g/mol. The fourth-order valence-corrected chi connectivity index (χ4v) is 11.4. The van der Waals surface area contributed by atoms with E-state index in [1.165, 1.54) is 65.3 Å². The molecular formula is C68H92Cl4Cu2N12O16. The molecule has 2 saturated heterocycles. The van der Waals surface area contributed by atoms with E-state index in [0.717, 1.165) is 131 Å². The Labute approximate surface area is 625 Å². The Morgan fingerprint density at radius 2 is 0.382 bits per heavy atom. The summed E-state index contributed by atoms with van der Waals surface area (Å²) in [4.78, 5) is 0. The largest absolute Gasteiger partial charge is 2.00 e. The minimum atomic E-state index is -4.94. The molecule has 0 unspecified atom stereocenters. The number of hydrogen-bond acceptors (Lipinski definition) is 28. The van der Waals surface area contributed by atoms with Crippen LogP contribution in [-0.2, 0) is 60.3 Å². The first-order valence-electron chi connectivity index (χ1n) is 32.1. The van der Waals surface area contributed by atoms with E-state index in [2.05, 4.69) is 261 Å². The van der Waals surface area contributed by atoms with E-state index in [0.29, 0.717) is 0 Å². The van der Waals surface area contributed by atoms with E-state index < -0.39 is 41.0 Å². The molecule has 102 heavy (non-hydrogen) atoms. The summed E-state index contributed by atoms with van der Waals surface area (Å²) in [5, 5.41) is 55.6. The standard InChI is InChI=1S/2C34H46N6.4ClHO4.2Cu/c2*1-33(39-21-29-13-7-11-27-9-3-5-15-31(27)29)23-35-17-19-37-25-34(2,26-38-20-18-36-24-33)40-22-30-14-8-12-28-10-4-6-16-32(28)30;4*2-1(3,4)5;;/h2*3-16,35-40H,17-26H2,1-2H3;4*(H,2,3,4,5);;/q;;;;;;2*+2/p-4. The van der Waals surface area contributed by atoms with Crippen molar-refractivity contribution < 1.29 is 150 Å². The van der Waals surface area contributed by atoms with Crippen LogP contribution in [0.1, 0.15) is 49.9 Å². The molecule has 0 amide bonds. The van der Waals surface area contributed by atoms with Crippen LogP contribution in [0.4, 0.5) is 0 Å². The van der Waals surface area contributed by atoms with Crippen molar-refractivity contribution >= 4 is 43.1 Å². The van der Waals surface area contributed by atoms with Crippen LogP contribution in [0, 0.1) is 41.0 Å². The number of fused-ring (bicyclic) bond motifs is 4. The minimum Gasteiger partial charge on any atom is -0.314 e. The third-order valence-electron chi connectivity index (χ3n) is 16.4. The third-order valence-corrected chi connectivity index (χ3v) is 16.4. The van der Waals surface area contributed by atoms with E-state index in [-0.39, 0.29) is 56.3 Å². The van der Waals surface area contributed by atoms with Gasteiger partial charge in [-0.15, -0.1) is 41.0 Å². The van der Waals surface area contributed by atoms with Gasteiger partial charge in [0.15, 0.2) is 0 Å². The summed E-state index contributed by atoms with van der Waals surface area (Å²) in [7, 11) is -19.8. The van der Waals surface area contributed by atoms with Crippen molar-refractivity contribution in [1.29, 1.82) is 0 Å². The maximum atomic E-state index is 8.49. The molecule has 2 aliphatic rings. The maximum absolute atomic E-state index is 8.49. The third kappa shape index (κ3) is 39.5. The topological polar surface area (TPSA) is 513 Å². The van der Waals surface area contributed by atoms with Crippen LogP contribution in [0.3, 0.4) is 0 Å². The Hall–Kier alpha value is -4.12. The maximum Gasteiger partial charge on any atom is 2.00 e. The summed E-state index contributed by atoms with van der Waals surface area (Å²) in [5.74, 6) is 0. The summed E-state index contributed by atoms with van der Waals surface area (Å²) < 4.78 is 136. The van der Waals surface area contributed by atoms with Gasteiger partial charge < -0.3 is 63.8 Å². The van der Waals surface area contributed by atoms with E-state index in [1.807, 2.05) is 0 Å². The van der Waals surface area contributed by atoms with Gasteiger partial charge >= 0.3 is 34.1 Å². The molecular weight excluding hydrogens is 1510 g/mol. The van der Waals surface area contributed by atoms with Crippen LogP contribution in [0.15, 0.2) is 170 Å². The van der Waals surface area contributed by atoms with Gasteiger partial charge in [-0.25, -0.2) is 74.5 Å². The van der Waals surface area contributed by atoms with Crippen molar-refractivity contribution in [2.75, 3.05) is 105 Å². The molecule has 0 aliphatic carbocycles. The molecule has 28 nitrogen and oxygen atoms in total. The minimum absolute atomic E-state index is 0. The Bertz CT molecular complexity index is 3120. The van der Waals surface area contributed by atoms with E-state index in [1.54, 1.807) is 0 Å². The molecule has 0 bridgehead atoms. The van der Waals surface area contributed by atoms with Crippen LogP contribution < -0.4 is 138 Å². The Morgan fingerprint density at radius 1 is 0.245 bits per heavy atom. The van der Waals surface area contributed by atoms with Gasteiger partial charge in [0.1, 0.15) is 0 Å². The quantitative estimate of drug-likeness (QED) is 0.0505. The molecule has 12 N–H and O–H groups in total. The number of nitrogens with one attached hydrogen (secondary N) is 12. The first-order valence-corrected chi connectivity index (χ1v) is 37.0. The van der Waals surface area contributed by atoms with Gasteiger partial charge in [-0.05, 0) is 93.0 Å². The molecule has 2 aliphatic heterocycles. The van der Waals surface area contributed by atoms with Crippen LogP contribution in [0.2, 0.25) is 0 Å². The molecule has 0 atom stereocenters. The van der Waals surface area contributed by atoms with E-state index >= 15 is 0 Å². The van der Waals surface area contributed by atoms with Gasteiger partial charge in [0.05, 0.1) is 0 Å². The molecule has 34 heteroatoms. The molecule has 0 spiro atoms. The van der Waals surface area contributed by atoms with Gasteiger partial charge in [-0.1, -0.05) is 170 Å². The van der Waals surface area contributed by atoms with Gasteiger partial charge in [0.25, 0.3) is 0 Å². The van der Waals surface area contributed by atoms with Gasteiger partial charge in [0.2, 0.25) is 0 Å². The molecule has 10 rings (SSSR count). The molecule has 8 aromatic carbocycles. The molecule has 0 saturated carbocycles. The Kier molecular flexibility index (Phi) is 41.1. The van der Waals surface area contributed by atoms with Gasteiger partial charge in [-0.3, -0.25) is 0 Å². The van der Waals surface area contributed by atoms with Crippen molar-refractivity contribution in [1.82, 2.24) is 63.8 Å². The molecule has 2 radical (unpaired) electrons. The van der Waals surface area contributed by atoms with Crippen molar-refractivity contribution in [2.45, 2.75) is 76.0 Å². The van der Waals surface area contributed by atoms with Crippen LogP contribution in [0.25, 0.3) is 43.1 Å². The summed E-state index contributed by atoms with van der Waals surface area (Å²) in [6, 6.07) is 60.9. The summed E-state index contributed by atoms with van der Waals surface area (Å²) in [6.07, 6.45) is 0. The molecule has 2 heterocycles. The van der Waals surface area contributed by atoms with Crippen LogP contribution >= 0.6 is 0 Å². The zero-order chi connectivity index (χ0) is 73.4. The van der Waals surface area contributed by atoms with Crippen molar-refractivity contribution in [3.8, 4) is 0 Å². The first kappa shape index (κ1) is 92.1.